The van der Waals surface area contributed by atoms with E-state index in [2.05, 4.69) is 10.3 Å². The predicted octanol–water partition coefficient (Wildman–Crippen LogP) is 4.10. The maximum Gasteiger partial charge on any atom is 0.338 e. The third-order valence-electron chi connectivity index (χ3n) is 6.57. The second-order valence-electron chi connectivity index (χ2n) is 9.50. The van der Waals surface area contributed by atoms with Crippen LogP contribution in [-0.2, 0) is 19.1 Å². The fraction of sp³-hybridized carbons (Fsp3) is 0.188. The molecule has 0 aliphatic carbocycles. The summed E-state index contributed by atoms with van der Waals surface area (Å²) in [5, 5.41) is 3.31. The molecule has 3 aromatic carbocycles. The van der Waals surface area contributed by atoms with Crippen molar-refractivity contribution in [2.75, 3.05) is 32.2 Å². The number of thiazole rings is 1. The van der Waals surface area contributed by atoms with Crippen LogP contribution in [0.15, 0.2) is 99.9 Å². The summed E-state index contributed by atoms with van der Waals surface area (Å²) in [6.07, 6.45) is 1.70. The van der Waals surface area contributed by atoms with E-state index in [1.54, 1.807) is 67.6 Å². The molecular weight excluding hydrogens is 590 g/mol. The van der Waals surface area contributed by atoms with E-state index in [4.69, 9.17) is 25.8 Å². The molecule has 0 saturated heterocycles. The number of esters is 1. The largest absolute Gasteiger partial charge is 0.483 e. The number of benzene rings is 3. The van der Waals surface area contributed by atoms with E-state index in [0.29, 0.717) is 42.6 Å². The normalized spacial score (nSPS) is 14.6. The monoisotopic (exact) mass is 617 g/mol. The molecule has 220 valence electrons. The van der Waals surface area contributed by atoms with E-state index in [9.17, 15) is 14.4 Å². The Morgan fingerprint density at radius 1 is 1.02 bits per heavy atom. The van der Waals surface area contributed by atoms with Gasteiger partial charge in [-0.25, -0.2) is 9.79 Å². The van der Waals surface area contributed by atoms with Crippen molar-refractivity contribution in [3.8, 4) is 5.75 Å². The molecule has 4 aromatic rings. The fourth-order valence-corrected chi connectivity index (χ4v) is 5.74. The molecule has 1 atom stereocenters. The first-order valence-electron chi connectivity index (χ1n) is 13.4. The molecule has 0 saturated carbocycles. The molecule has 1 unspecified atom stereocenters. The van der Waals surface area contributed by atoms with Gasteiger partial charge in [-0.05, 0) is 48.9 Å². The van der Waals surface area contributed by atoms with Gasteiger partial charge in [-0.2, -0.15) is 0 Å². The van der Waals surface area contributed by atoms with Crippen molar-refractivity contribution in [1.82, 2.24) is 4.57 Å². The van der Waals surface area contributed by atoms with Crippen molar-refractivity contribution in [2.45, 2.75) is 13.0 Å². The van der Waals surface area contributed by atoms with Crippen molar-refractivity contribution >= 4 is 46.6 Å². The molecule has 2 heterocycles. The number of carbonyl (C=O) groups excluding carboxylic acids is 2. The van der Waals surface area contributed by atoms with Crippen molar-refractivity contribution in [3.05, 3.63) is 126 Å². The maximum absolute atomic E-state index is 13.9. The summed E-state index contributed by atoms with van der Waals surface area (Å²) in [6, 6.07) is 22.4. The van der Waals surface area contributed by atoms with Crippen LogP contribution < -0.4 is 24.9 Å². The first-order valence-corrected chi connectivity index (χ1v) is 14.6. The topological polar surface area (TPSA) is 108 Å². The molecule has 43 heavy (non-hydrogen) atoms. The number of carbonyl (C=O) groups is 2. The zero-order valence-corrected chi connectivity index (χ0v) is 25.0. The quantitative estimate of drug-likeness (QED) is 0.212. The number of hydrogen-bond acceptors (Lipinski definition) is 8. The van der Waals surface area contributed by atoms with Crippen molar-refractivity contribution in [2.24, 2.45) is 4.99 Å². The van der Waals surface area contributed by atoms with Crippen LogP contribution in [0.4, 0.5) is 5.69 Å². The van der Waals surface area contributed by atoms with Gasteiger partial charge >= 0.3 is 5.97 Å². The third-order valence-corrected chi connectivity index (χ3v) is 7.80. The number of para-hydroxylation sites is 2. The van der Waals surface area contributed by atoms with Gasteiger partial charge in [0.2, 0.25) is 0 Å². The highest BCUT2D eigenvalue weighted by molar-refractivity contribution is 7.07. The average Bonchev–Trinajstić information content (AvgIpc) is 3.31. The van der Waals surface area contributed by atoms with Gasteiger partial charge in [0.1, 0.15) is 12.4 Å². The minimum absolute atomic E-state index is 0.0596. The standard InChI is InChI=1S/C32H28ClN3O6S/c1-20-28(31(39)41-17-16-40-2)29(21-12-14-23(33)15-13-21)36-30(38)26(43-32(36)34-20)18-22-8-6-7-11-25(22)42-19-27(37)35-24-9-4-3-5-10-24/h3-15,18,29H,16-17,19H2,1-2H3,(H,35,37). The number of rotatable bonds is 10. The molecule has 1 N–H and O–H groups in total. The zero-order valence-electron chi connectivity index (χ0n) is 23.4. The summed E-state index contributed by atoms with van der Waals surface area (Å²) >= 11 is 7.34. The van der Waals surface area contributed by atoms with Crippen LogP contribution in [0.3, 0.4) is 0 Å². The molecular formula is C32H28ClN3O6S. The van der Waals surface area contributed by atoms with Crippen LogP contribution in [0, 0.1) is 0 Å². The number of anilines is 1. The first kappa shape index (κ1) is 30.0. The van der Waals surface area contributed by atoms with Crippen molar-refractivity contribution in [1.29, 1.82) is 0 Å². The summed E-state index contributed by atoms with van der Waals surface area (Å²) in [5.41, 5.74) is 2.32. The van der Waals surface area contributed by atoms with Crippen LogP contribution in [-0.4, -0.2) is 43.4 Å². The van der Waals surface area contributed by atoms with Crippen LogP contribution in [0.25, 0.3) is 6.08 Å². The summed E-state index contributed by atoms with van der Waals surface area (Å²) in [5.74, 6) is -0.465. The van der Waals surface area contributed by atoms with Gasteiger partial charge in [0.25, 0.3) is 11.5 Å². The average molecular weight is 618 g/mol. The lowest BCUT2D eigenvalue weighted by molar-refractivity contribution is -0.140. The molecule has 5 rings (SSSR count). The Bertz CT molecular complexity index is 1850. The lowest BCUT2D eigenvalue weighted by atomic mass is 9.96. The fourth-order valence-electron chi connectivity index (χ4n) is 4.57. The highest BCUT2D eigenvalue weighted by Gasteiger charge is 2.33. The lowest BCUT2D eigenvalue weighted by Gasteiger charge is -2.24. The first-order chi connectivity index (χ1) is 20.9. The SMILES string of the molecule is COCCOC(=O)C1=C(C)N=c2sc(=Cc3ccccc3OCC(=O)Nc3ccccc3)c(=O)n2C1c1ccc(Cl)cc1. The minimum atomic E-state index is -0.779. The number of nitrogens with zero attached hydrogens (tertiary/aromatic N) is 2. The number of hydrogen-bond donors (Lipinski definition) is 1. The Morgan fingerprint density at radius 3 is 2.49 bits per heavy atom. The third kappa shape index (κ3) is 6.94. The maximum atomic E-state index is 13.9. The Hall–Kier alpha value is -4.51. The van der Waals surface area contributed by atoms with E-state index in [1.165, 1.54) is 23.0 Å². The molecule has 0 bridgehead atoms. The molecule has 1 aliphatic rings. The summed E-state index contributed by atoms with van der Waals surface area (Å²) in [4.78, 5) is 44.7. The van der Waals surface area contributed by atoms with E-state index in [1.807, 2.05) is 24.3 Å². The number of amides is 1. The predicted molar refractivity (Wildman–Crippen MR) is 165 cm³/mol. The highest BCUT2D eigenvalue weighted by atomic mass is 35.5. The molecule has 1 amide bonds. The van der Waals surface area contributed by atoms with Gasteiger partial charge in [0.05, 0.1) is 28.5 Å². The molecule has 0 radical (unpaired) electrons. The molecule has 11 heteroatoms. The molecule has 0 fully saturated rings. The second kappa shape index (κ2) is 13.6. The Morgan fingerprint density at radius 2 is 1.74 bits per heavy atom. The van der Waals surface area contributed by atoms with Crippen molar-refractivity contribution in [3.63, 3.8) is 0 Å². The minimum Gasteiger partial charge on any atom is -0.483 e. The lowest BCUT2D eigenvalue weighted by Crippen LogP contribution is -2.40. The molecule has 1 aliphatic heterocycles. The smallest absolute Gasteiger partial charge is 0.338 e. The van der Waals surface area contributed by atoms with E-state index >= 15 is 0 Å². The van der Waals surface area contributed by atoms with E-state index in [-0.39, 0.29) is 36.9 Å². The number of methoxy groups -OCH3 is 1. The molecule has 1 aromatic heterocycles. The Labute approximate surface area is 256 Å². The van der Waals surface area contributed by atoms with Gasteiger partial charge in [0, 0.05) is 23.4 Å². The van der Waals surface area contributed by atoms with Crippen LogP contribution >= 0.6 is 22.9 Å². The van der Waals surface area contributed by atoms with Gasteiger partial charge in [-0.3, -0.25) is 14.2 Å². The summed E-state index contributed by atoms with van der Waals surface area (Å²) in [7, 11) is 1.52. The van der Waals surface area contributed by atoms with Crippen LogP contribution in [0.1, 0.15) is 24.1 Å². The molecule has 0 spiro atoms. The Balaban J connectivity index is 1.50. The number of halogens is 1. The number of fused-ring (bicyclic) bond motifs is 1. The van der Waals surface area contributed by atoms with Crippen LogP contribution in [0.2, 0.25) is 5.02 Å². The van der Waals surface area contributed by atoms with Crippen molar-refractivity contribution < 1.29 is 23.8 Å². The summed E-state index contributed by atoms with van der Waals surface area (Å²) in [6.45, 7) is 1.80. The number of allylic oxidation sites excluding steroid dienone is 1. The molecule has 9 nitrogen and oxygen atoms in total. The zero-order chi connectivity index (χ0) is 30.3. The van der Waals surface area contributed by atoms with E-state index < -0.39 is 12.0 Å². The Kier molecular flexibility index (Phi) is 9.51. The van der Waals surface area contributed by atoms with Gasteiger partial charge in [-0.1, -0.05) is 71.5 Å². The second-order valence-corrected chi connectivity index (χ2v) is 10.9. The van der Waals surface area contributed by atoms with Crippen LogP contribution in [0.5, 0.6) is 5.75 Å². The van der Waals surface area contributed by atoms with E-state index in [0.717, 1.165) is 0 Å². The number of ether oxygens (including phenoxy) is 3. The summed E-state index contributed by atoms with van der Waals surface area (Å²) < 4.78 is 18.2. The number of aromatic nitrogens is 1. The number of nitrogens with one attached hydrogen (secondary N) is 1. The van der Waals surface area contributed by atoms with Gasteiger partial charge in [-0.15, -0.1) is 0 Å². The van der Waals surface area contributed by atoms with Gasteiger partial charge in [0.15, 0.2) is 11.4 Å². The van der Waals surface area contributed by atoms with Gasteiger partial charge < -0.3 is 19.5 Å². The highest BCUT2D eigenvalue weighted by Crippen LogP contribution is 2.31.